The Balaban J connectivity index is 1.74. The molecule has 18 heavy (non-hydrogen) atoms. The van der Waals surface area contributed by atoms with E-state index in [9.17, 15) is 0 Å². The second-order valence-electron chi connectivity index (χ2n) is 4.85. The van der Waals surface area contributed by atoms with Gasteiger partial charge in [0, 0.05) is 25.2 Å². The van der Waals surface area contributed by atoms with E-state index in [0.29, 0.717) is 5.95 Å². The first kappa shape index (κ1) is 11.4. The van der Waals surface area contributed by atoms with Gasteiger partial charge in [-0.25, -0.2) is 9.97 Å². The van der Waals surface area contributed by atoms with E-state index >= 15 is 0 Å². The zero-order valence-corrected chi connectivity index (χ0v) is 10.5. The van der Waals surface area contributed by atoms with E-state index in [-0.39, 0.29) is 5.60 Å². The van der Waals surface area contributed by atoms with Gasteiger partial charge in [-0.3, -0.25) is 0 Å². The maximum Gasteiger partial charge on any atom is 0.223 e. The van der Waals surface area contributed by atoms with Gasteiger partial charge >= 0.3 is 0 Å². The molecule has 3 rings (SSSR count). The van der Waals surface area contributed by atoms with Gasteiger partial charge in [0.25, 0.3) is 0 Å². The van der Waals surface area contributed by atoms with Crippen molar-refractivity contribution in [3.8, 4) is 0 Å². The summed E-state index contributed by atoms with van der Waals surface area (Å²) in [6, 6.07) is 7.99. The Hall–Kier alpha value is -1.68. The van der Waals surface area contributed by atoms with Crippen molar-refractivity contribution >= 4 is 16.9 Å². The highest BCUT2D eigenvalue weighted by molar-refractivity contribution is 5.78. The molecule has 1 saturated carbocycles. The lowest BCUT2D eigenvalue weighted by Crippen LogP contribution is -2.45. The van der Waals surface area contributed by atoms with Crippen LogP contribution in [0.5, 0.6) is 0 Å². The third-order valence-corrected chi connectivity index (χ3v) is 3.76. The predicted molar refractivity (Wildman–Crippen MR) is 71.6 cm³/mol. The summed E-state index contributed by atoms with van der Waals surface area (Å²) >= 11 is 0. The fraction of sp³-hybridized carbons (Fsp3) is 0.429. The number of rotatable bonds is 4. The number of nitrogens with one attached hydrogen (secondary N) is 1. The van der Waals surface area contributed by atoms with Gasteiger partial charge in [0.05, 0.1) is 11.1 Å². The van der Waals surface area contributed by atoms with Crippen LogP contribution < -0.4 is 5.32 Å². The minimum atomic E-state index is -0.00496. The molecule has 4 heteroatoms. The summed E-state index contributed by atoms with van der Waals surface area (Å²) in [4.78, 5) is 8.82. The normalized spacial score (nSPS) is 17.4. The Labute approximate surface area is 106 Å². The van der Waals surface area contributed by atoms with Crippen molar-refractivity contribution in [2.24, 2.45) is 0 Å². The van der Waals surface area contributed by atoms with E-state index in [1.54, 1.807) is 7.11 Å². The van der Waals surface area contributed by atoms with E-state index in [2.05, 4.69) is 15.3 Å². The molecule has 0 radical (unpaired) electrons. The second-order valence-corrected chi connectivity index (χ2v) is 4.85. The monoisotopic (exact) mass is 243 g/mol. The third kappa shape index (κ3) is 2.04. The van der Waals surface area contributed by atoms with Gasteiger partial charge in [-0.15, -0.1) is 0 Å². The first-order valence-corrected chi connectivity index (χ1v) is 6.32. The number of anilines is 1. The van der Waals surface area contributed by atoms with E-state index < -0.39 is 0 Å². The standard InChI is InChI=1S/C14H17N3O/c1-18-14(7-4-8-14)10-16-13-15-9-11-5-2-3-6-12(11)17-13/h2-3,5-6,9H,4,7-8,10H2,1H3,(H,15,16,17). The molecule has 1 aliphatic rings. The van der Waals surface area contributed by atoms with E-state index in [0.717, 1.165) is 30.3 Å². The zero-order chi connectivity index (χ0) is 12.4. The van der Waals surface area contributed by atoms with Crippen LogP contribution in [0.4, 0.5) is 5.95 Å². The molecular formula is C14H17N3O. The highest BCUT2D eigenvalue weighted by Gasteiger charge is 2.36. The number of fused-ring (bicyclic) bond motifs is 1. The maximum absolute atomic E-state index is 5.56. The summed E-state index contributed by atoms with van der Waals surface area (Å²) in [6.07, 6.45) is 5.33. The molecule has 4 nitrogen and oxygen atoms in total. The first-order chi connectivity index (χ1) is 8.81. The van der Waals surface area contributed by atoms with Crippen LogP contribution in [0.3, 0.4) is 0 Å². The Kier molecular flexibility index (Phi) is 2.88. The number of para-hydroxylation sites is 1. The van der Waals surface area contributed by atoms with Crippen molar-refractivity contribution in [1.82, 2.24) is 9.97 Å². The van der Waals surface area contributed by atoms with Gasteiger partial charge < -0.3 is 10.1 Å². The van der Waals surface area contributed by atoms with Gasteiger partial charge in [0.1, 0.15) is 0 Å². The minimum absolute atomic E-state index is 0.00496. The largest absolute Gasteiger partial charge is 0.376 e. The number of hydrogen-bond acceptors (Lipinski definition) is 4. The molecule has 0 saturated heterocycles. The van der Waals surface area contributed by atoms with Crippen LogP contribution in [-0.4, -0.2) is 29.2 Å². The molecule has 0 aliphatic heterocycles. The predicted octanol–water partition coefficient (Wildman–Crippen LogP) is 2.61. The van der Waals surface area contributed by atoms with Crippen molar-refractivity contribution in [2.45, 2.75) is 24.9 Å². The van der Waals surface area contributed by atoms with Crippen molar-refractivity contribution in [2.75, 3.05) is 19.0 Å². The summed E-state index contributed by atoms with van der Waals surface area (Å²) in [7, 11) is 1.78. The van der Waals surface area contributed by atoms with E-state index in [1.165, 1.54) is 6.42 Å². The Morgan fingerprint density at radius 1 is 1.33 bits per heavy atom. The van der Waals surface area contributed by atoms with Gasteiger partial charge in [-0.05, 0) is 25.3 Å². The molecule has 1 aromatic carbocycles. The number of nitrogens with zero attached hydrogens (tertiary/aromatic N) is 2. The quantitative estimate of drug-likeness (QED) is 0.896. The molecular weight excluding hydrogens is 226 g/mol. The molecule has 0 amide bonds. The fourth-order valence-corrected chi connectivity index (χ4v) is 2.32. The molecule has 1 heterocycles. The lowest BCUT2D eigenvalue weighted by atomic mass is 9.80. The first-order valence-electron chi connectivity index (χ1n) is 6.32. The van der Waals surface area contributed by atoms with E-state index in [4.69, 9.17) is 4.74 Å². The Bertz CT molecular complexity index is 546. The van der Waals surface area contributed by atoms with Crippen LogP contribution in [0.15, 0.2) is 30.5 Å². The minimum Gasteiger partial charge on any atom is -0.376 e. The Morgan fingerprint density at radius 3 is 2.89 bits per heavy atom. The SMILES string of the molecule is COC1(CNc2ncc3ccccc3n2)CCC1. The summed E-state index contributed by atoms with van der Waals surface area (Å²) in [5.41, 5.74) is 0.963. The molecule has 2 aromatic rings. The van der Waals surface area contributed by atoms with Crippen molar-refractivity contribution in [3.63, 3.8) is 0 Å². The molecule has 94 valence electrons. The maximum atomic E-state index is 5.56. The number of aromatic nitrogens is 2. The lowest BCUT2D eigenvalue weighted by molar-refractivity contribution is -0.0602. The highest BCUT2D eigenvalue weighted by atomic mass is 16.5. The smallest absolute Gasteiger partial charge is 0.223 e. The average Bonchev–Trinajstić information content (AvgIpc) is 2.38. The van der Waals surface area contributed by atoms with Crippen molar-refractivity contribution in [3.05, 3.63) is 30.5 Å². The van der Waals surface area contributed by atoms with Crippen LogP contribution in [0, 0.1) is 0 Å². The van der Waals surface area contributed by atoms with Gasteiger partial charge in [-0.2, -0.15) is 0 Å². The summed E-state index contributed by atoms with van der Waals surface area (Å²) in [6.45, 7) is 0.780. The molecule has 0 bridgehead atoms. The van der Waals surface area contributed by atoms with Gasteiger partial charge in [-0.1, -0.05) is 18.2 Å². The second kappa shape index (κ2) is 4.53. The van der Waals surface area contributed by atoms with Crippen LogP contribution >= 0.6 is 0 Å². The third-order valence-electron chi connectivity index (χ3n) is 3.76. The van der Waals surface area contributed by atoms with Crippen LogP contribution in [0.2, 0.25) is 0 Å². The average molecular weight is 243 g/mol. The fourth-order valence-electron chi connectivity index (χ4n) is 2.32. The zero-order valence-electron chi connectivity index (χ0n) is 10.5. The molecule has 1 aromatic heterocycles. The van der Waals surface area contributed by atoms with Crippen molar-refractivity contribution in [1.29, 1.82) is 0 Å². The molecule has 0 atom stereocenters. The summed E-state index contributed by atoms with van der Waals surface area (Å²) in [5, 5.41) is 4.35. The van der Waals surface area contributed by atoms with Gasteiger partial charge in [0.2, 0.25) is 5.95 Å². The number of methoxy groups -OCH3 is 1. The summed E-state index contributed by atoms with van der Waals surface area (Å²) < 4.78 is 5.56. The molecule has 0 spiro atoms. The molecule has 1 fully saturated rings. The Morgan fingerprint density at radius 2 is 2.17 bits per heavy atom. The van der Waals surface area contributed by atoms with Crippen LogP contribution in [-0.2, 0) is 4.74 Å². The van der Waals surface area contributed by atoms with Crippen LogP contribution in [0.25, 0.3) is 10.9 Å². The van der Waals surface area contributed by atoms with Gasteiger partial charge in [0.15, 0.2) is 0 Å². The highest BCUT2D eigenvalue weighted by Crippen LogP contribution is 2.34. The van der Waals surface area contributed by atoms with E-state index in [1.807, 2.05) is 30.5 Å². The molecule has 1 N–H and O–H groups in total. The number of hydrogen-bond donors (Lipinski definition) is 1. The molecule has 0 unspecified atom stereocenters. The summed E-state index contributed by atoms with van der Waals surface area (Å²) in [5.74, 6) is 0.678. The topological polar surface area (TPSA) is 47.0 Å². The number of ether oxygens (including phenoxy) is 1. The van der Waals surface area contributed by atoms with Crippen LogP contribution in [0.1, 0.15) is 19.3 Å². The molecule has 1 aliphatic carbocycles. The van der Waals surface area contributed by atoms with Crippen molar-refractivity contribution < 1.29 is 4.74 Å². The number of benzene rings is 1. The lowest BCUT2D eigenvalue weighted by Gasteiger charge is -2.40.